The molecule has 1 aliphatic carbocycles. The summed E-state index contributed by atoms with van der Waals surface area (Å²) < 4.78 is 41.9. The molecule has 42 heavy (non-hydrogen) atoms. The second-order valence-corrected chi connectivity index (χ2v) is 10.8. The van der Waals surface area contributed by atoms with E-state index in [1.54, 1.807) is 23.6 Å². The van der Waals surface area contributed by atoms with Gasteiger partial charge in [0, 0.05) is 52.9 Å². The van der Waals surface area contributed by atoms with Crippen molar-refractivity contribution in [3.8, 4) is 21.7 Å². The molecule has 0 bridgehead atoms. The van der Waals surface area contributed by atoms with Gasteiger partial charge in [0.15, 0.2) is 5.69 Å². The first-order valence-corrected chi connectivity index (χ1v) is 14.1. The Morgan fingerprint density at radius 3 is 2.62 bits per heavy atom. The normalized spacial score (nSPS) is 17.3. The van der Waals surface area contributed by atoms with E-state index in [0.717, 1.165) is 42.4 Å². The minimum absolute atomic E-state index is 0.0173. The molecule has 220 valence electrons. The van der Waals surface area contributed by atoms with Gasteiger partial charge >= 0.3 is 18.2 Å². The number of urea groups is 1. The Morgan fingerprint density at radius 2 is 1.95 bits per heavy atom. The molecule has 0 saturated heterocycles. The number of anilines is 1. The number of benzene rings is 1. The van der Waals surface area contributed by atoms with Crippen molar-refractivity contribution in [1.29, 1.82) is 0 Å². The van der Waals surface area contributed by atoms with E-state index in [1.807, 2.05) is 0 Å². The highest BCUT2D eigenvalue weighted by molar-refractivity contribution is 7.13. The van der Waals surface area contributed by atoms with E-state index >= 15 is 0 Å². The number of carbonyl (C=O) groups excluding carboxylic acids is 1. The van der Waals surface area contributed by atoms with E-state index in [1.165, 1.54) is 24.5 Å². The largest absolute Gasteiger partial charge is 0.477 e. The Labute approximate surface area is 241 Å². The highest BCUT2D eigenvalue weighted by Gasteiger charge is 2.34. The quantitative estimate of drug-likeness (QED) is 0.228. The number of pyridine rings is 2. The van der Waals surface area contributed by atoms with E-state index in [-0.39, 0.29) is 33.9 Å². The van der Waals surface area contributed by atoms with Crippen LogP contribution in [0.4, 0.5) is 23.8 Å². The van der Waals surface area contributed by atoms with Crippen LogP contribution in [0, 0.1) is 0 Å². The third kappa shape index (κ3) is 5.72. The molecule has 10 nitrogen and oxygen atoms in total. The van der Waals surface area contributed by atoms with Gasteiger partial charge in [-0.15, -0.1) is 11.3 Å². The number of aromatic carboxylic acids is 1. The smallest absolute Gasteiger partial charge is 0.434 e. The van der Waals surface area contributed by atoms with Gasteiger partial charge in [-0.25, -0.2) is 19.6 Å². The van der Waals surface area contributed by atoms with Crippen molar-refractivity contribution in [1.82, 2.24) is 19.9 Å². The first-order chi connectivity index (χ1) is 20.0. The van der Waals surface area contributed by atoms with Gasteiger partial charge in [0.1, 0.15) is 16.4 Å². The number of rotatable bonds is 6. The number of nitrogens with two attached hydrogens (primary N) is 1. The van der Waals surface area contributed by atoms with Crippen LogP contribution in [-0.4, -0.2) is 44.2 Å². The summed E-state index contributed by atoms with van der Waals surface area (Å²) in [5, 5.41) is 15.9. The van der Waals surface area contributed by atoms with Crippen molar-refractivity contribution in [2.75, 3.05) is 11.9 Å². The summed E-state index contributed by atoms with van der Waals surface area (Å²) in [7, 11) is 0. The fraction of sp³-hybridized carbons (Fsp3) is 0.321. The first kappa shape index (κ1) is 29.2. The Hall–Kier alpha value is -4.30. The molecule has 3 aromatic heterocycles. The van der Waals surface area contributed by atoms with Crippen molar-refractivity contribution >= 4 is 40.1 Å². The predicted molar refractivity (Wildman–Crippen MR) is 153 cm³/mol. The molecule has 0 spiro atoms. The van der Waals surface area contributed by atoms with Crippen LogP contribution >= 0.6 is 11.3 Å². The van der Waals surface area contributed by atoms with Crippen molar-refractivity contribution in [2.24, 2.45) is 5.73 Å². The molecule has 1 fully saturated rings. The Balaban J connectivity index is 1.69. The summed E-state index contributed by atoms with van der Waals surface area (Å²) in [5.74, 6) is -1.30. The van der Waals surface area contributed by atoms with Gasteiger partial charge in [0.05, 0.1) is 5.52 Å². The minimum atomic E-state index is -4.66. The van der Waals surface area contributed by atoms with Crippen LogP contribution in [-0.2, 0) is 6.18 Å². The summed E-state index contributed by atoms with van der Waals surface area (Å²) in [5.41, 5.74) is 5.69. The highest BCUT2D eigenvalue weighted by atomic mass is 32.1. The fourth-order valence-corrected chi connectivity index (χ4v) is 6.07. The standard InChI is InChI=1S/C28H27F3N6O4S/c1-2-33-27(41)36-23-10-15(25-35-22(13-42-25)28(29,30)31)17(11-34-23)14-7-8-20-16(9-14)24(38)18(26(39)40)12-37(20)21-6-4-3-5-19(21)32/h7-13,19,21H,2-6,32H2,1H3,(H,39,40)(H2,33,34,36,41). The van der Waals surface area contributed by atoms with Gasteiger partial charge < -0.3 is 20.7 Å². The number of fused-ring (bicyclic) bond motifs is 1. The van der Waals surface area contributed by atoms with E-state index in [0.29, 0.717) is 23.2 Å². The first-order valence-electron chi connectivity index (χ1n) is 13.2. The number of hydrogen-bond donors (Lipinski definition) is 4. The number of aromatic nitrogens is 3. The van der Waals surface area contributed by atoms with Crippen molar-refractivity contribution in [2.45, 2.75) is 50.9 Å². The third-order valence-corrected chi connectivity index (χ3v) is 8.10. The molecule has 5 N–H and O–H groups in total. The summed E-state index contributed by atoms with van der Waals surface area (Å²) in [6.45, 7) is 2.07. The number of alkyl halides is 3. The van der Waals surface area contributed by atoms with Gasteiger partial charge in [0.25, 0.3) is 0 Å². The molecule has 2 amide bonds. The highest BCUT2D eigenvalue weighted by Crippen LogP contribution is 2.39. The molecule has 3 heterocycles. The summed E-state index contributed by atoms with van der Waals surface area (Å²) >= 11 is 0.766. The lowest BCUT2D eigenvalue weighted by Crippen LogP contribution is -2.36. The number of carboxylic acids is 1. The van der Waals surface area contributed by atoms with Crippen molar-refractivity contribution in [3.63, 3.8) is 0 Å². The lowest BCUT2D eigenvalue weighted by molar-refractivity contribution is -0.140. The topological polar surface area (TPSA) is 152 Å². The Bertz CT molecular complexity index is 1740. The summed E-state index contributed by atoms with van der Waals surface area (Å²) in [4.78, 5) is 45.5. The molecule has 2 unspecified atom stereocenters. The van der Waals surface area contributed by atoms with E-state index in [9.17, 15) is 32.7 Å². The van der Waals surface area contributed by atoms with E-state index in [4.69, 9.17) is 5.73 Å². The molecule has 14 heteroatoms. The monoisotopic (exact) mass is 600 g/mol. The number of carboxylic acid groups (broad SMARTS) is 1. The van der Waals surface area contributed by atoms with Crippen LogP contribution in [0.25, 0.3) is 32.6 Å². The number of hydrogen-bond acceptors (Lipinski definition) is 7. The van der Waals surface area contributed by atoms with Crippen LogP contribution < -0.4 is 21.8 Å². The van der Waals surface area contributed by atoms with Crippen molar-refractivity contribution < 1.29 is 27.9 Å². The molecule has 0 aliphatic heterocycles. The number of thiazole rings is 1. The number of halogens is 3. The molecule has 2 atom stereocenters. The molecule has 4 aromatic rings. The van der Waals surface area contributed by atoms with Crippen LogP contribution in [0.15, 0.2) is 46.8 Å². The van der Waals surface area contributed by atoms with Gasteiger partial charge in [-0.3, -0.25) is 10.1 Å². The van der Waals surface area contributed by atoms with E-state index < -0.39 is 34.9 Å². The molecule has 1 saturated carbocycles. The lowest BCUT2D eigenvalue weighted by Gasteiger charge is -2.32. The fourth-order valence-electron chi connectivity index (χ4n) is 5.21. The molecule has 0 radical (unpaired) electrons. The molecular formula is C28H27F3N6O4S. The average molecular weight is 601 g/mol. The molecule has 1 aliphatic rings. The van der Waals surface area contributed by atoms with Crippen LogP contribution in [0.1, 0.15) is 54.7 Å². The Kier molecular flexibility index (Phi) is 8.01. The second kappa shape index (κ2) is 11.5. The van der Waals surface area contributed by atoms with Gasteiger partial charge in [-0.2, -0.15) is 13.2 Å². The average Bonchev–Trinajstić information content (AvgIpc) is 3.45. The SMILES string of the molecule is CCNC(=O)Nc1cc(-c2nc(C(F)(F)F)cs2)c(-c2ccc3c(c2)c(=O)c(C(=O)O)cn3C2CCCCC2N)cn1. The molecular weight excluding hydrogens is 573 g/mol. The lowest BCUT2D eigenvalue weighted by atomic mass is 9.90. The van der Waals surface area contributed by atoms with Crippen molar-refractivity contribution in [3.05, 3.63) is 63.5 Å². The van der Waals surface area contributed by atoms with Crippen LogP contribution in [0.5, 0.6) is 0 Å². The maximum Gasteiger partial charge on any atom is 0.434 e. The Morgan fingerprint density at radius 1 is 1.19 bits per heavy atom. The maximum atomic E-state index is 13.4. The predicted octanol–water partition coefficient (Wildman–Crippen LogP) is 5.49. The second-order valence-electron chi connectivity index (χ2n) is 9.97. The van der Waals surface area contributed by atoms with Gasteiger partial charge in [-0.05, 0) is 43.5 Å². The number of amides is 2. The summed E-state index contributed by atoms with van der Waals surface area (Å²) in [6.07, 6.45) is 1.39. The minimum Gasteiger partial charge on any atom is -0.477 e. The zero-order valence-corrected chi connectivity index (χ0v) is 23.2. The zero-order chi connectivity index (χ0) is 30.2. The molecule has 1 aromatic carbocycles. The van der Waals surface area contributed by atoms with E-state index in [2.05, 4.69) is 20.6 Å². The number of nitrogens with zero attached hydrogens (tertiary/aromatic N) is 3. The third-order valence-electron chi connectivity index (χ3n) is 7.22. The number of nitrogens with one attached hydrogen (secondary N) is 2. The van der Waals surface area contributed by atoms with Crippen LogP contribution in [0.3, 0.4) is 0 Å². The molecule has 5 rings (SSSR count). The van der Waals surface area contributed by atoms with Crippen LogP contribution in [0.2, 0.25) is 0 Å². The summed E-state index contributed by atoms with van der Waals surface area (Å²) in [6, 6.07) is 5.28. The maximum absolute atomic E-state index is 13.4. The zero-order valence-electron chi connectivity index (χ0n) is 22.4. The number of carbonyl (C=O) groups is 2. The van der Waals surface area contributed by atoms with Gasteiger partial charge in [0.2, 0.25) is 5.43 Å². The van der Waals surface area contributed by atoms with Gasteiger partial charge in [-0.1, -0.05) is 18.9 Å².